The number of hydrogen-bond acceptors (Lipinski definition) is 4. The van der Waals surface area contributed by atoms with Gasteiger partial charge in [-0.2, -0.15) is 0 Å². The molecule has 0 bridgehead atoms. The van der Waals surface area contributed by atoms with E-state index in [2.05, 4.69) is 6.92 Å². The van der Waals surface area contributed by atoms with E-state index in [1.54, 1.807) is 0 Å². The van der Waals surface area contributed by atoms with E-state index in [9.17, 15) is 18.1 Å². The van der Waals surface area contributed by atoms with Gasteiger partial charge >= 0.3 is 51.4 Å². The molecule has 2 unspecified atom stereocenters. The zero-order chi connectivity index (χ0) is 16.8. The van der Waals surface area contributed by atoms with Crippen LogP contribution in [0.25, 0.3) is 0 Å². The van der Waals surface area contributed by atoms with Gasteiger partial charge in [0.05, 0.1) is 16.2 Å². The Morgan fingerprint density at radius 1 is 0.783 bits per heavy atom. The molecule has 0 saturated heterocycles. The maximum atomic E-state index is 11.1. The van der Waals surface area contributed by atoms with Gasteiger partial charge in [0, 0.05) is 5.25 Å². The number of rotatable bonds is 15. The molecule has 1 N–H and O–H groups in total. The zero-order valence-corrected chi connectivity index (χ0v) is 19.4. The molecule has 0 aromatic carbocycles. The van der Waals surface area contributed by atoms with Crippen LogP contribution in [0.5, 0.6) is 0 Å². The molecule has 0 radical (unpaired) electrons. The second-order valence-corrected chi connectivity index (χ2v) is 8.05. The van der Waals surface area contributed by atoms with Crippen LogP contribution in [0.3, 0.4) is 0 Å². The van der Waals surface area contributed by atoms with Crippen LogP contribution in [0, 0.1) is 0 Å². The van der Waals surface area contributed by atoms with Gasteiger partial charge in [0.25, 0.3) is 0 Å². The van der Waals surface area contributed by atoms with E-state index in [4.69, 9.17) is 0 Å². The van der Waals surface area contributed by atoms with Crippen LogP contribution < -0.4 is 51.4 Å². The number of aliphatic hydroxyl groups excluding tert-OH is 1. The summed E-state index contributed by atoms with van der Waals surface area (Å²) < 4.78 is 33.3. The summed E-state index contributed by atoms with van der Waals surface area (Å²) in [7, 11) is -4.17. The fraction of sp³-hybridized carbons (Fsp3) is 1.00. The minimum atomic E-state index is -4.17. The van der Waals surface area contributed by atoms with E-state index < -0.39 is 15.4 Å². The van der Waals surface area contributed by atoms with Gasteiger partial charge < -0.3 is 9.66 Å². The minimum absolute atomic E-state index is 0. The fourth-order valence-corrected chi connectivity index (χ4v) is 3.79. The summed E-state index contributed by atoms with van der Waals surface area (Å²) in [5, 5.41) is 9.16. The molecule has 0 amide bonds. The molecule has 4 nitrogen and oxygen atoms in total. The third-order valence-electron chi connectivity index (χ3n) is 4.22. The molecular formula is C17H35KO4S. The summed E-state index contributed by atoms with van der Waals surface area (Å²) in [6.07, 6.45) is 11.7. The van der Waals surface area contributed by atoms with Crippen molar-refractivity contribution in [2.75, 3.05) is 0 Å². The van der Waals surface area contributed by atoms with Gasteiger partial charge in [-0.15, -0.1) is 0 Å². The number of unbranched alkanes of at least 4 members (excludes halogenated alkanes) is 6. The Morgan fingerprint density at radius 2 is 1.26 bits per heavy atom. The Balaban J connectivity index is 0. The molecule has 134 valence electrons. The summed E-state index contributed by atoms with van der Waals surface area (Å²) in [6, 6.07) is 0. The van der Waals surface area contributed by atoms with Gasteiger partial charge in [-0.3, -0.25) is 0 Å². The summed E-state index contributed by atoms with van der Waals surface area (Å²) in [6.45, 7) is 4.09. The van der Waals surface area contributed by atoms with Crippen LogP contribution in [0.1, 0.15) is 97.3 Å². The number of hydrogen-bond donors (Lipinski definition) is 1. The van der Waals surface area contributed by atoms with Crippen molar-refractivity contribution in [2.24, 2.45) is 0 Å². The second kappa shape index (κ2) is 16.9. The third-order valence-corrected chi connectivity index (χ3v) is 5.51. The predicted octanol–water partition coefficient (Wildman–Crippen LogP) is 1.38. The van der Waals surface area contributed by atoms with Crippen LogP contribution in [0.2, 0.25) is 0 Å². The molecule has 0 aliphatic carbocycles. The quantitative estimate of drug-likeness (QED) is 0.267. The molecule has 0 aromatic heterocycles. The van der Waals surface area contributed by atoms with Gasteiger partial charge in [0.2, 0.25) is 0 Å². The molecule has 2 atom stereocenters. The van der Waals surface area contributed by atoms with Gasteiger partial charge in [-0.25, -0.2) is 8.42 Å². The molecule has 0 saturated carbocycles. The predicted molar refractivity (Wildman–Crippen MR) is 90.9 cm³/mol. The summed E-state index contributed by atoms with van der Waals surface area (Å²) in [5.41, 5.74) is 0. The average Bonchev–Trinajstić information content (AvgIpc) is 2.44. The monoisotopic (exact) mass is 374 g/mol. The molecule has 0 aromatic rings. The normalized spacial score (nSPS) is 14.3. The standard InChI is InChI=1S/C17H36O4S.K/c1-3-5-6-7-8-9-13-16(18)14-10-11-15-17(12-4-2)22(19,20)21;/h16-18H,3-15H2,1-2H3,(H,19,20,21);/q;+1/p-1. The van der Waals surface area contributed by atoms with Crippen LogP contribution >= 0.6 is 0 Å². The molecule has 0 rings (SSSR count). The fourth-order valence-electron chi connectivity index (χ4n) is 2.81. The van der Waals surface area contributed by atoms with Crippen molar-refractivity contribution in [3.8, 4) is 0 Å². The van der Waals surface area contributed by atoms with Crippen molar-refractivity contribution in [2.45, 2.75) is 109 Å². The van der Waals surface area contributed by atoms with E-state index in [1.807, 2.05) is 6.92 Å². The maximum Gasteiger partial charge on any atom is 1.00 e. The first-order valence-corrected chi connectivity index (χ1v) is 10.5. The zero-order valence-electron chi connectivity index (χ0n) is 15.4. The molecule has 0 fully saturated rings. The van der Waals surface area contributed by atoms with Crippen molar-refractivity contribution in [3.63, 3.8) is 0 Å². The van der Waals surface area contributed by atoms with E-state index >= 15 is 0 Å². The topological polar surface area (TPSA) is 77.4 Å². The van der Waals surface area contributed by atoms with Crippen molar-refractivity contribution in [1.29, 1.82) is 0 Å². The molecule has 0 heterocycles. The second-order valence-electron chi connectivity index (χ2n) is 6.40. The molecule has 0 spiro atoms. The Morgan fingerprint density at radius 3 is 1.78 bits per heavy atom. The van der Waals surface area contributed by atoms with E-state index in [0.717, 1.165) is 19.3 Å². The Bertz CT molecular complexity index is 347. The first kappa shape index (κ1) is 26.7. The summed E-state index contributed by atoms with van der Waals surface area (Å²) in [5.74, 6) is 0. The Labute approximate surface area is 186 Å². The van der Waals surface area contributed by atoms with Gasteiger partial charge in [0.1, 0.15) is 0 Å². The van der Waals surface area contributed by atoms with Gasteiger partial charge in [0.15, 0.2) is 0 Å². The molecule has 6 heteroatoms. The first-order chi connectivity index (χ1) is 10.4. The Kier molecular flexibility index (Phi) is 19.7. The van der Waals surface area contributed by atoms with E-state index in [1.165, 1.54) is 32.1 Å². The largest absolute Gasteiger partial charge is 1.00 e. The average molecular weight is 375 g/mol. The summed E-state index contributed by atoms with van der Waals surface area (Å²) in [4.78, 5) is 0. The van der Waals surface area contributed by atoms with Crippen LogP contribution in [0.4, 0.5) is 0 Å². The van der Waals surface area contributed by atoms with Crippen LogP contribution in [-0.4, -0.2) is 29.4 Å². The first-order valence-electron chi connectivity index (χ1n) is 9.04. The maximum absolute atomic E-state index is 11.1. The Hall–Kier alpha value is 1.51. The van der Waals surface area contributed by atoms with Crippen molar-refractivity contribution in [3.05, 3.63) is 0 Å². The van der Waals surface area contributed by atoms with Crippen molar-refractivity contribution >= 4 is 10.1 Å². The number of aliphatic hydroxyl groups is 1. The van der Waals surface area contributed by atoms with Crippen LogP contribution in [-0.2, 0) is 10.1 Å². The summed E-state index contributed by atoms with van der Waals surface area (Å²) >= 11 is 0. The minimum Gasteiger partial charge on any atom is -0.748 e. The van der Waals surface area contributed by atoms with E-state index in [0.29, 0.717) is 32.1 Å². The molecule has 0 aliphatic rings. The van der Waals surface area contributed by atoms with Crippen molar-refractivity contribution in [1.82, 2.24) is 0 Å². The van der Waals surface area contributed by atoms with Crippen LogP contribution in [0.15, 0.2) is 0 Å². The SMILES string of the molecule is CCCCCCCCC(O)CCCCC(CCC)S(=O)(=O)[O-].[K+]. The molecule has 23 heavy (non-hydrogen) atoms. The smallest absolute Gasteiger partial charge is 0.748 e. The van der Waals surface area contributed by atoms with E-state index in [-0.39, 0.29) is 57.5 Å². The third kappa shape index (κ3) is 16.7. The van der Waals surface area contributed by atoms with Gasteiger partial charge in [-0.1, -0.05) is 71.6 Å². The molecule has 0 aliphatic heterocycles. The molecular weight excluding hydrogens is 339 g/mol. The van der Waals surface area contributed by atoms with Crippen molar-refractivity contribution < 1.29 is 69.5 Å². The van der Waals surface area contributed by atoms with Gasteiger partial charge in [-0.05, 0) is 25.7 Å².